The number of fused-ring (bicyclic) bond motifs is 1. The van der Waals surface area contributed by atoms with Crippen molar-refractivity contribution in [2.45, 2.75) is 20.1 Å². The molecule has 1 heterocycles. The van der Waals surface area contributed by atoms with Crippen molar-refractivity contribution in [1.82, 2.24) is 4.98 Å². The average molecular weight is 278 g/mol. The van der Waals surface area contributed by atoms with Crippen molar-refractivity contribution in [3.63, 3.8) is 0 Å². The van der Waals surface area contributed by atoms with E-state index in [1.807, 2.05) is 30.3 Å². The summed E-state index contributed by atoms with van der Waals surface area (Å²) >= 11 is 0. The highest BCUT2D eigenvalue weighted by Gasteiger charge is 2.04. The van der Waals surface area contributed by atoms with E-state index in [-0.39, 0.29) is 0 Å². The lowest BCUT2D eigenvalue weighted by molar-refractivity contribution is 0.309. The number of hydrogen-bond donors (Lipinski definition) is 1. The molecule has 0 aliphatic heterocycles. The summed E-state index contributed by atoms with van der Waals surface area (Å²) in [4.78, 5) is 4.34. The zero-order chi connectivity index (χ0) is 14.7. The Morgan fingerprint density at radius 1 is 1.10 bits per heavy atom. The summed E-state index contributed by atoms with van der Waals surface area (Å²) in [5.74, 6) is 0.864. The summed E-state index contributed by atoms with van der Waals surface area (Å²) in [7, 11) is 0. The van der Waals surface area contributed by atoms with Crippen LogP contribution in [0.3, 0.4) is 0 Å². The molecule has 2 N–H and O–H groups in total. The van der Waals surface area contributed by atoms with Gasteiger partial charge in [-0.15, -0.1) is 0 Å². The Morgan fingerprint density at radius 2 is 2.00 bits per heavy atom. The van der Waals surface area contributed by atoms with Crippen LogP contribution in [-0.2, 0) is 13.2 Å². The minimum atomic E-state index is 0.546. The van der Waals surface area contributed by atoms with Crippen molar-refractivity contribution in [2.75, 3.05) is 0 Å². The molecule has 21 heavy (non-hydrogen) atoms. The smallest absolute Gasteiger partial charge is 0.129 e. The summed E-state index contributed by atoms with van der Waals surface area (Å²) in [6.45, 7) is 3.20. The predicted molar refractivity (Wildman–Crippen MR) is 85.1 cm³/mol. The lowest BCUT2D eigenvalue weighted by Crippen LogP contribution is -2.01. The van der Waals surface area contributed by atoms with Gasteiger partial charge in [0.05, 0.1) is 5.52 Å². The van der Waals surface area contributed by atoms with E-state index >= 15 is 0 Å². The first-order chi connectivity index (χ1) is 10.3. The minimum absolute atomic E-state index is 0.546. The fourth-order valence-corrected chi connectivity index (χ4v) is 2.40. The second-order valence-electron chi connectivity index (χ2n) is 5.08. The van der Waals surface area contributed by atoms with Crippen LogP contribution < -0.4 is 10.5 Å². The van der Waals surface area contributed by atoms with Crippen LogP contribution >= 0.6 is 0 Å². The molecule has 0 unspecified atom stereocenters. The highest BCUT2D eigenvalue weighted by molar-refractivity contribution is 5.84. The van der Waals surface area contributed by atoms with Gasteiger partial charge in [-0.2, -0.15) is 0 Å². The molecule has 3 aromatic rings. The van der Waals surface area contributed by atoms with Crippen LogP contribution in [0.25, 0.3) is 10.9 Å². The first kappa shape index (κ1) is 13.6. The van der Waals surface area contributed by atoms with Gasteiger partial charge in [-0.05, 0) is 47.9 Å². The second-order valence-corrected chi connectivity index (χ2v) is 5.08. The fraction of sp³-hybridized carbons (Fsp3) is 0.167. The van der Waals surface area contributed by atoms with E-state index in [1.54, 1.807) is 6.20 Å². The highest BCUT2D eigenvalue weighted by atomic mass is 16.5. The molecule has 0 bridgehead atoms. The molecule has 0 saturated carbocycles. The van der Waals surface area contributed by atoms with Gasteiger partial charge >= 0.3 is 0 Å². The summed E-state index contributed by atoms with van der Waals surface area (Å²) in [6.07, 6.45) is 1.79. The maximum atomic E-state index is 5.99. The predicted octanol–water partition coefficient (Wildman–Crippen LogP) is 3.58. The molecule has 3 rings (SSSR count). The summed E-state index contributed by atoms with van der Waals surface area (Å²) < 4.78 is 5.99. The topological polar surface area (TPSA) is 48.1 Å². The van der Waals surface area contributed by atoms with E-state index in [9.17, 15) is 0 Å². The Morgan fingerprint density at radius 3 is 2.81 bits per heavy atom. The lowest BCUT2D eigenvalue weighted by atomic mass is 10.1. The van der Waals surface area contributed by atoms with Crippen LogP contribution in [0.5, 0.6) is 5.75 Å². The SMILES string of the molecule is Cc1cc(CN)ccc1COc1cccc2ncccc12. The third kappa shape index (κ3) is 2.88. The van der Waals surface area contributed by atoms with Gasteiger partial charge in [0.2, 0.25) is 0 Å². The van der Waals surface area contributed by atoms with Gasteiger partial charge in [-0.3, -0.25) is 4.98 Å². The maximum absolute atomic E-state index is 5.99. The van der Waals surface area contributed by atoms with Gasteiger partial charge in [-0.1, -0.05) is 24.3 Å². The number of benzene rings is 2. The molecule has 3 nitrogen and oxygen atoms in total. The Bertz CT molecular complexity index is 763. The zero-order valence-corrected chi connectivity index (χ0v) is 12.0. The molecule has 0 saturated heterocycles. The highest BCUT2D eigenvalue weighted by Crippen LogP contribution is 2.25. The van der Waals surface area contributed by atoms with Crippen LogP contribution in [0.4, 0.5) is 0 Å². The number of ether oxygens (including phenoxy) is 1. The molecule has 0 amide bonds. The van der Waals surface area contributed by atoms with Crippen LogP contribution in [0.15, 0.2) is 54.7 Å². The largest absolute Gasteiger partial charge is 0.488 e. The van der Waals surface area contributed by atoms with Gasteiger partial charge in [0.25, 0.3) is 0 Å². The zero-order valence-electron chi connectivity index (χ0n) is 12.0. The maximum Gasteiger partial charge on any atom is 0.129 e. The van der Waals surface area contributed by atoms with Crippen molar-refractivity contribution in [3.05, 3.63) is 71.4 Å². The number of nitrogens with zero attached hydrogens (tertiary/aromatic N) is 1. The number of nitrogens with two attached hydrogens (primary N) is 1. The average Bonchev–Trinajstić information content (AvgIpc) is 2.53. The molecule has 0 aliphatic carbocycles. The van der Waals surface area contributed by atoms with E-state index in [2.05, 4.69) is 30.1 Å². The van der Waals surface area contributed by atoms with E-state index in [0.717, 1.165) is 22.2 Å². The summed E-state index contributed by atoms with van der Waals surface area (Å²) in [5, 5.41) is 1.04. The number of aryl methyl sites for hydroxylation is 1. The molecule has 0 radical (unpaired) electrons. The molecule has 0 aliphatic rings. The van der Waals surface area contributed by atoms with Crippen molar-refractivity contribution in [3.8, 4) is 5.75 Å². The van der Waals surface area contributed by atoms with Crippen molar-refractivity contribution in [2.24, 2.45) is 5.73 Å². The van der Waals surface area contributed by atoms with Gasteiger partial charge < -0.3 is 10.5 Å². The molecule has 3 heteroatoms. The van der Waals surface area contributed by atoms with Crippen LogP contribution in [0.2, 0.25) is 0 Å². The van der Waals surface area contributed by atoms with E-state index in [0.29, 0.717) is 13.2 Å². The Hall–Kier alpha value is -2.39. The summed E-state index contributed by atoms with van der Waals surface area (Å²) in [5.41, 5.74) is 10.1. The third-order valence-electron chi connectivity index (χ3n) is 3.63. The normalized spacial score (nSPS) is 10.8. The molecular weight excluding hydrogens is 260 g/mol. The summed E-state index contributed by atoms with van der Waals surface area (Å²) in [6, 6.07) is 16.1. The van der Waals surface area contributed by atoms with Gasteiger partial charge in [0.15, 0.2) is 0 Å². The van der Waals surface area contributed by atoms with Crippen LogP contribution in [0, 0.1) is 6.92 Å². The van der Waals surface area contributed by atoms with Gasteiger partial charge in [0.1, 0.15) is 12.4 Å². The standard InChI is InChI=1S/C18H18N2O/c1-13-10-14(11-19)7-8-15(13)12-21-18-6-2-5-17-16(18)4-3-9-20-17/h2-10H,11-12,19H2,1H3. The Labute approximate surface area is 124 Å². The molecule has 106 valence electrons. The third-order valence-corrected chi connectivity index (χ3v) is 3.63. The van der Waals surface area contributed by atoms with Crippen molar-refractivity contribution in [1.29, 1.82) is 0 Å². The quantitative estimate of drug-likeness (QED) is 0.793. The lowest BCUT2D eigenvalue weighted by Gasteiger charge is -2.11. The molecule has 0 fully saturated rings. The first-order valence-corrected chi connectivity index (χ1v) is 7.03. The molecule has 1 aromatic heterocycles. The van der Waals surface area contributed by atoms with E-state index in [1.165, 1.54) is 11.1 Å². The minimum Gasteiger partial charge on any atom is -0.488 e. The van der Waals surface area contributed by atoms with E-state index in [4.69, 9.17) is 10.5 Å². The number of aromatic nitrogens is 1. The number of rotatable bonds is 4. The monoisotopic (exact) mass is 278 g/mol. The second kappa shape index (κ2) is 5.94. The Balaban J connectivity index is 1.84. The van der Waals surface area contributed by atoms with Crippen molar-refractivity contribution >= 4 is 10.9 Å². The number of pyridine rings is 1. The molecular formula is C18H18N2O. The molecule has 2 aromatic carbocycles. The molecule has 0 spiro atoms. The first-order valence-electron chi connectivity index (χ1n) is 7.03. The van der Waals surface area contributed by atoms with E-state index < -0.39 is 0 Å². The Kier molecular flexibility index (Phi) is 3.84. The van der Waals surface area contributed by atoms with Gasteiger partial charge in [0, 0.05) is 18.1 Å². The van der Waals surface area contributed by atoms with Crippen LogP contribution in [0.1, 0.15) is 16.7 Å². The van der Waals surface area contributed by atoms with Crippen molar-refractivity contribution < 1.29 is 4.74 Å². The van der Waals surface area contributed by atoms with Gasteiger partial charge in [-0.25, -0.2) is 0 Å². The molecule has 0 atom stereocenters. The number of hydrogen-bond acceptors (Lipinski definition) is 3. The fourth-order valence-electron chi connectivity index (χ4n) is 2.40. The van der Waals surface area contributed by atoms with Crippen LogP contribution in [-0.4, -0.2) is 4.98 Å².